The molecule has 0 saturated carbocycles. The second-order valence-corrected chi connectivity index (χ2v) is 9.11. The maximum Gasteiger partial charge on any atom is 0.235 e. The lowest BCUT2D eigenvalue weighted by atomic mass is 9.73. The van der Waals surface area contributed by atoms with Crippen molar-refractivity contribution >= 4 is 45.6 Å². The summed E-state index contributed by atoms with van der Waals surface area (Å²) in [5.41, 5.74) is 0.746. The van der Waals surface area contributed by atoms with E-state index >= 15 is 0 Å². The molecule has 1 fully saturated rings. The Kier molecular flexibility index (Phi) is 6.94. The van der Waals surface area contributed by atoms with Gasteiger partial charge in [0.2, 0.25) is 5.91 Å². The molecule has 4 nitrogen and oxygen atoms in total. The number of hydrogen-bond donors (Lipinski definition) is 1. The Balaban J connectivity index is 1.72. The molecule has 1 unspecified atom stereocenters. The molecule has 1 atom stereocenters. The van der Waals surface area contributed by atoms with E-state index < -0.39 is 5.41 Å². The molecule has 1 saturated heterocycles. The molecule has 4 rings (SSSR count). The van der Waals surface area contributed by atoms with Gasteiger partial charge in [-0.3, -0.25) is 4.79 Å². The van der Waals surface area contributed by atoms with Gasteiger partial charge in [0.05, 0.1) is 11.5 Å². The zero-order valence-corrected chi connectivity index (χ0v) is 19.8. The van der Waals surface area contributed by atoms with E-state index in [1.54, 1.807) is 12.1 Å². The minimum Gasteiger partial charge on any atom is -0.490 e. The lowest BCUT2D eigenvalue weighted by molar-refractivity contribution is -0.125. The topological polar surface area (TPSA) is 47.6 Å². The van der Waals surface area contributed by atoms with E-state index in [-0.39, 0.29) is 12.0 Å². The maximum absolute atomic E-state index is 13.8. The Labute approximate surface area is 198 Å². The lowest BCUT2D eigenvalue weighted by Gasteiger charge is -2.37. The fourth-order valence-electron chi connectivity index (χ4n) is 4.24. The largest absolute Gasteiger partial charge is 0.490 e. The van der Waals surface area contributed by atoms with Crippen LogP contribution in [0.1, 0.15) is 38.7 Å². The van der Waals surface area contributed by atoms with Gasteiger partial charge in [0.1, 0.15) is 5.75 Å². The number of hydrogen-bond acceptors (Lipinski definition) is 3. The van der Waals surface area contributed by atoms with Crippen molar-refractivity contribution in [2.24, 2.45) is 0 Å². The van der Waals surface area contributed by atoms with Crippen LogP contribution in [0.2, 0.25) is 10.0 Å². The molecule has 0 radical (unpaired) electrons. The highest BCUT2D eigenvalue weighted by Crippen LogP contribution is 2.41. The smallest absolute Gasteiger partial charge is 0.235 e. The standard InChI is InChI=1S/C26H27Cl2NO3/c1-3-17(2)32-24-11-10-23(19-6-4-5-7-20(19)24)29-25(30)26(12-14-31-15-13-26)21-9-8-18(27)16-22(21)28/h4-11,16-17H,3,12-15H2,1-2H3,(H,29,30). The van der Waals surface area contributed by atoms with Crippen LogP contribution in [-0.2, 0) is 14.9 Å². The molecule has 1 aliphatic heterocycles. The minimum atomic E-state index is -0.785. The fourth-order valence-corrected chi connectivity index (χ4v) is 4.83. The third kappa shape index (κ3) is 4.45. The van der Waals surface area contributed by atoms with Crippen molar-refractivity contribution < 1.29 is 14.3 Å². The Hall–Kier alpha value is -2.27. The minimum absolute atomic E-state index is 0.0919. The van der Waals surface area contributed by atoms with Crippen molar-refractivity contribution in [2.45, 2.75) is 44.6 Å². The van der Waals surface area contributed by atoms with Gasteiger partial charge in [-0.15, -0.1) is 0 Å². The predicted octanol–water partition coefficient (Wildman–Crippen LogP) is 7.01. The third-order valence-corrected chi connectivity index (χ3v) is 6.81. The number of carbonyl (C=O) groups excluding carboxylic acids is 1. The molecule has 0 aliphatic carbocycles. The van der Waals surface area contributed by atoms with E-state index in [9.17, 15) is 4.79 Å². The zero-order chi connectivity index (χ0) is 22.7. The van der Waals surface area contributed by atoms with Gasteiger partial charge in [-0.2, -0.15) is 0 Å². The van der Waals surface area contributed by atoms with Crippen LogP contribution in [-0.4, -0.2) is 25.2 Å². The fraction of sp³-hybridized carbons (Fsp3) is 0.346. The Morgan fingerprint density at radius 3 is 2.50 bits per heavy atom. The first-order valence-electron chi connectivity index (χ1n) is 11.0. The van der Waals surface area contributed by atoms with Crippen molar-refractivity contribution in [1.82, 2.24) is 0 Å². The SMILES string of the molecule is CCC(C)Oc1ccc(NC(=O)C2(c3ccc(Cl)cc3Cl)CCOCC2)c2ccccc12. The second kappa shape index (κ2) is 9.70. The molecule has 1 aliphatic rings. The van der Waals surface area contributed by atoms with Crippen LogP contribution in [0.5, 0.6) is 5.75 Å². The number of fused-ring (bicyclic) bond motifs is 1. The lowest BCUT2D eigenvalue weighted by Crippen LogP contribution is -2.45. The number of ether oxygens (including phenoxy) is 2. The number of carbonyl (C=O) groups is 1. The Bertz CT molecular complexity index is 1130. The Morgan fingerprint density at radius 1 is 1.09 bits per heavy atom. The third-order valence-electron chi connectivity index (χ3n) is 6.26. The summed E-state index contributed by atoms with van der Waals surface area (Å²) in [6.07, 6.45) is 2.12. The van der Waals surface area contributed by atoms with Gasteiger partial charge in [0.15, 0.2) is 0 Å². The molecule has 0 aromatic heterocycles. The molecule has 1 heterocycles. The monoisotopic (exact) mass is 471 g/mol. The molecular formula is C26H27Cl2NO3. The molecule has 32 heavy (non-hydrogen) atoms. The summed E-state index contributed by atoms with van der Waals surface area (Å²) in [7, 11) is 0. The van der Waals surface area contributed by atoms with Gasteiger partial charge in [-0.1, -0.05) is 60.5 Å². The highest BCUT2D eigenvalue weighted by atomic mass is 35.5. The first kappa shape index (κ1) is 22.9. The number of anilines is 1. The van der Waals surface area contributed by atoms with Crippen LogP contribution in [0.4, 0.5) is 5.69 Å². The molecule has 3 aromatic carbocycles. The highest BCUT2D eigenvalue weighted by molar-refractivity contribution is 6.35. The van der Waals surface area contributed by atoms with Gasteiger partial charge in [0.25, 0.3) is 0 Å². The summed E-state index contributed by atoms with van der Waals surface area (Å²) in [5, 5.41) is 6.14. The van der Waals surface area contributed by atoms with Crippen molar-refractivity contribution in [3.05, 3.63) is 70.2 Å². The Morgan fingerprint density at radius 2 is 1.81 bits per heavy atom. The van der Waals surface area contributed by atoms with E-state index in [2.05, 4.69) is 19.2 Å². The average molecular weight is 472 g/mol. The van der Waals surface area contributed by atoms with Gasteiger partial charge < -0.3 is 14.8 Å². The molecule has 1 amide bonds. The summed E-state index contributed by atoms with van der Waals surface area (Å²) < 4.78 is 11.7. The maximum atomic E-state index is 13.8. The van der Waals surface area contributed by atoms with Crippen LogP contribution in [0.3, 0.4) is 0 Å². The number of rotatable bonds is 6. The van der Waals surface area contributed by atoms with Crippen molar-refractivity contribution in [2.75, 3.05) is 18.5 Å². The van der Waals surface area contributed by atoms with Gasteiger partial charge in [0, 0.05) is 39.7 Å². The second-order valence-electron chi connectivity index (χ2n) is 8.27. The van der Waals surface area contributed by atoms with E-state index in [0.29, 0.717) is 36.1 Å². The number of halogens is 2. The van der Waals surface area contributed by atoms with Crippen LogP contribution in [0, 0.1) is 0 Å². The summed E-state index contributed by atoms with van der Waals surface area (Å²) in [6, 6.07) is 17.1. The van der Waals surface area contributed by atoms with Gasteiger partial charge in [-0.25, -0.2) is 0 Å². The van der Waals surface area contributed by atoms with Gasteiger partial charge >= 0.3 is 0 Å². The molecular weight excluding hydrogens is 445 g/mol. The van der Waals surface area contributed by atoms with Crippen molar-refractivity contribution in [1.29, 1.82) is 0 Å². The van der Waals surface area contributed by atoms with Crippen molar-refractivity contribution in [3.63, 3.8) is 0 Å². The molecule has 6 heteroatoms. The number of benzene rings is 3. The number of amides is 1. The van der Waals surface area contributed by atoms with Crippen molar-refractivity contribution in [3.8, 4) is 5.75 Å². The summed E-state index contributed by atoms with van der Waals surface area (Å²) in [4.78, 5) is 13.8. The molecule has 0 spiro atoms. The molecule has 0 bridgehead atoms. The van der Waals surface area contributed by atoms with E-state index in [1.165, 1.54) is 0 Å². The van der Waals surface area contributed by atoms with Gasteiger partial charge in [-0.05, 0) is 56.0 Å². The quantitative estimate of drug-likeness (QED) is 0.420. The van der Waals surface area contributed by atoms with Crippen LogP contribution in [0.25, 0.3) is 10.8 Å². The molecule has 168 valence electrons. The summed E-state index contributed by atoms with van der Waals surface area (Å²) in [6.45, 7) is 5.13. The van der Waals surface area contributed by atoms with E-state index in [1.807, 2.05) is 42.5 Å². The van der Waals surface area contributed by atoms with E-state index in [4.69, 9.17) is 32.7 Å². The van der Waals surface area contributed by atoms with Crippen LogP contribution < -0.4 is 10.1 Å². The number of nitrogens with one attached hydrogen (secondary N) is 1. The summed E-state index contributed by atoms with van der Waals surface area (Å²) >= 11 is 12.7. The predicted molar refractivity (Wildman–Crippen MR) is 131 cm³/mol. The van der Waals surface area contributed by atoms with Crippen LogP contribution >= 0.6 is 23.2 Å². The molecule has 3 aromatic rings. The zero-order valence-electron chi connectivity index (χ0n) is 18.3. The first-order chi connectivity index (χ1) is 15.4. The molecule has 1 N–H and O–H groups in total. The summed E-state index contributed by atoms with van der Waals surface area (Å²) in [5.74, 6) is 0.722. The van der Waals surface area contributed by atoms with Crippen LogP contribution in [0.15, 0.2) is 54.6 Å². The normalized spacial score (nSPS) is 16.5. The first-order valence-corrected chi connectivity index (χ1v) is 11.7. The average Bonchev–Trinajstić information content (AvgIpc) is 2.81. The van der Waals surface area contributed by atoms with E-state index in [0.717, 1.165) is 34.2 Å². The highest BCUT2D eigenvalue weighted by Gasteiger charge is 2.43.